The van der Waals surface area contributed by atoms with Crippen molar-refractivity contribution in [2.45, 2.75) is 25.2 Å². The monoisotopic (exact) mass is 344 g/mol. The number of benzene rings is 1. The number of carbonyl (C=O) groups excluding carboxylic acids is 1. The van der Waals surface area contributed by atoms with E-state index in [1.165, 1.54) is 0 Å². The Kier molecular flexibility index (Phi) is 3.39. The lowest BCUT2D eigenvalue weighted by Gasteiger charge is -2.31. The molecule has 0 spiro atoms. The van der Waals surface area contributed by atoms with Crippen LogP contribution in [0.2, 0.25) is 5.02 Å². The Morgan fingerprint density at radius 3 is 2.92 bits per heavy atom. The van der Waals surface area contributed by atoms with Gasteiger partial charge in [0.15, 0.2) is 17.3 Å². The SMILES string of the molecule is N#CC1=C(N)OC2=C(C(=O)CCC2)[C@H]1c1ccc2c(c1Cl)OCO2. The van der Waals surface area contributed by atoms with Crippen molar-refractivity contribution in [1.29, 1.82) is 5.26 Å². The molecule has 0 unspecified atom stereocenters. The van der Waals surface area contributed by atoms with E-state index >= 15 is 0 Å². The van der Waals surface area contributed by atoms with Crippen LogP contribution in [0.3, 0.4) is 0 Å². The van der Waals surface area contributed by atoms with Crippen molar-refractivity contribution in [1.82, 2.24) is 0 Å². The third-order valence-corrected chi connectivity index (χ3v) is 4.81. The van der Waals surface area contributed by atoms with Crippen LogP contribution in [-0.4, -0.2) is 12.6 Å². The Balaban J connectivity index is 1.93. The second-order valence-electron chi connectivity index (χ2n) is 5.74. The molecule has 0 saturated heterocycles. The summed E-state index contributed by atoms with van der Waals surface area (Å²) in [6.07, 6.45) is 1.73. The summed E-state index contributed by atoms with van der Waals surface area (Å²) in [5, 5.41) is 9.88. The summed E-state index contributed by atoms with van der Waals surface area (Å²) in [7, 11) is 0. The Morgan fingerprint density at radius 2 is 2.12 bits per heavy atom. The number of fused-ring (bicyclic) bond motifs is 1. The van der Waals surface area contributed by atoms with Crippen LogP contribution in [0.5, 0.6) is 11.5 Å². The molecule has 7 heteroatoms. The predicted molar refractivity (Wildman–Crippen MR) is 84.1 cm³/mol. The Labute approximate surface area is 143 Å². The Hall–Kier alpha value is -2.65. The molecule has 3 aliphatic rings. The Morgan fingerprint density at radius 1 is 1.29 bits per heavy atom. The van der Waals surface area contributed by atoms with Crippen molar-refractivity contribution in [3.8, 4) is 17.6 Å². The first-order valence-corrected chi connectivity index (χ1v) is 7.91. The average Bonchev–Trinajstić information content (AvgIpc) is 3.04. The lowest BCUT2D eigenvalue weighted by Crippen LogP contribution is -2.27. The number of ether oxygens (including phenoxy) is 3. The molecule has 122 valence electrons. The van der Waals surface area contributed by atoms with Crippen LogP contribution in [0.4, 0.5) is 0 Å². The average molecular weight is 345 g/mol. The molecule has 0 fully saturated rings. The van der Waals surface area contributed by atoms with Gasteiger partial charge in [0, 0.05) is 18.4 Å². The number of nitriles is 1. The summed E-state index contributed by atoms with van der Waals surface area (Å²) < 4.78 is 16.3. The summed E-state index contributed by atoms with van der Waals surface area (Å²) >= 11 is 6.48. The normalized spacial score (nSPS) is 22.2. The van der Waals surface area contributed by atoms with Gasteiger partial charge in [0.1, 0.15) is 17.4 Å². The molecule has 2 aliphatic heterocycles. The smallest absolute Gasteiger partial charge is 0.231 e. The van der Waals surface area contributed by atoms with Crippen molar-refractivity contribution >= 4 is 17.4 Å². The number of ketones is 1. The van der Waals surface area contributed by atoms with Gasteiger partial charge >= 0.3 is 0 Å². The number of rotatable bonds is 1. The highest BCUT2D eigenvalue weighted by molar-refractivity contribution is 6.33. The second kappa shape index (κ2) is 5.46. The molecule has 1 aromatic carbocycles. The van der Waals surface area contributed by atoms with Crippen LogP contribution in [0.1, 0.15) is 30.7 Å². The fraction of sp³-hybridized carbons (Fsp3) is 0.294. The molecule has 1 atom stereocenters. The van der Waals surface area contributed by atoms with Crippen LogP contribution in [-0.2, 0) is 9.53 Å². The molecule has 0 radical (unpaired) electrons. The third kappa shape index (κ3) is 2.05. The molecule has 24 heavy (non-hydrogen) atoms. The van der Waals surface area contributed by atoms with Crippen molar-refractivity contribution in [3.63, 3.8) is 0 Å². The van der Waals surface area contributed by atoms with E-state index in [2.05, 4.69) is 6.07 Å². The lowest BCUT2D eigenvalue weighted by molar-refractivity contribution is -0.116. The van der Waals surface area contributed by atoms with Crippen molar-refractivity contribution in [2.24, 2.45) is 5.73 Å². The number of hydrogen-bond donors (Lipinski definition) is 1. The minimum absolute atomic E-state index is 0.0182. The van der Waals surface area contributed by atoms with E-state index in [0.717, 1.165) is 0 Å². The minimum Gasteiger partial charge on any atom is -0.454 e. The first kappa shape index (κ1) is 14.9. The summed E-state index contributed by atoms with van der Waals surface area (Å²) in [6.45, 7) is 0.0856. The number of allylic oxidation sites excluding steroid dienone is 3. The molecule has 0 saturated carbocycles. The third-order valence-electron chi connectivity index (χ3n) is 4.42. The predicted octanol–water partition coefficient (Wildman–Crippen LogP) is 2.88. The number of carbonyl (C=O) groups is 1. The first-order chi connectivity index (χ1) is 11.6. The minimum atomic E-state index is -0.645. The molecule has 0 bridgehead atoms. The molecule has 2 heterocycles. The highest BCUT2D eigenvalue weighted by atomic mass is 35.5. The zero-order valence-corrected chi connectivity index (χ0v) is 13.4. The van der Waals surface area contributed by atoms with E-state index in [0.29, 0.717) is 52.7 Å². The highest BCUT2D eigenvalue weighted by Gasteiger charge is 2.39. The standard InChI is InChI=1S/C17H13ClN2O4/c18-15-8(4-5-12-16(15)23-7-22-12)13-9(6-19)17(20)24-11-3-1-2-10(21)14(11)13/h4-5,13H,1-3,7,20H2/t13-/m0/s1. The van der Waals surface area contributed by atoms with Gasteiger partial charge in [-0.2, -0.15) is 5.26 Å². The molecule has 0 amide bonds. The van der Waals surface area contributed by atoms with Gasteiger partial charge in [-0.1, -0.05) is 17.7 Å². The maximum absolute atomic E-state index is 12.5. The van der Waals surface area contributed by atoms with Crippen LogP contribution < -0.4 is 15.2 Å². The van der Waals surface area contributed by atoms with Crippen LogP contribution in [0.25, 0.3) is 0 Å². The number of halogens is 1. The van der Waals surface area contributed by atoms with E-state index in [1.807, 2.05) is 0 Å². The summed E-state index contributed by atoms with van der Waals surface area (Å²) in [5.41, 5.74) is 7.16. The van der Waals surface area contributed by atoms with Crippen LogP contribution in [0, 0.1) is 11.3 Å². The van der Waals surface area contributed by atoms with Gasteiger partial charge in [-0.25, -0.2) is 0 Å². The van der Waals surface area contributed by atoms with E-state index < -0.39 is 5.92 Å². The molecule has 2 N–H and O–H groups in total. The molecule has 0 aromatic heterocycles. The van der Waals surface area contributed by atoms with Crippen molar-refractivity contribution < 1.29 is 19.0 Å². The number of nitrogens with zero attached hydrogens (tertiary/aromatic N) is 1. The number of nitrogens with two attached hydrogens (primary N) is 1. The van der Waals surface area contributed by atoms with E-state index in [-0.39, 0.29) is 24.0 Å². The summed E-state index contributed by atoms with van der Waals surface area (Å²) in [5.74, 6) is 0.812. The van der Waals surface area contributed by atoms with Gasteiger partial charge in [-0.3, -0.25) is 4.79 Å². The lowest BCUT2D eigenvalue weighted by atomic mass is 9.77. The molecule has 1 aromatic rings. The summed E-state index contributed by atoms with van der Waals surface area (Å²) in [6, 6.07) is 5.52. The fourth-order valence-corrected chi connectivity index (χ4v) is 3.66. The second-order valence-corrected chi connectivity index (χ2v) is 6.12. The van der Waals surface area contributed by atoms with E-state index in [1.54, 1.807) is 12.1 Å². The van der Waals surface area contributed by atoms with Crippen molar-refractivity contribution in [2.75, 3.05) is 6.79 Å². The zero-order chi connectivity index (χ0) is 16.8. The Bertz CT molecular complexity index is 866. The van der Waals surface area contributed by atoms with Crippen LogP contribution >= 0.6 is 11.6 Å². The largest absolute Gasteiger partial charge is 0.454 e. The van der Waals surface area contributed by atoms with Gasteiger partial charge in [0.25, 0.3) is 0 Å². The molecule has 1 aliphatic carbocycles. The van der Waals surface area contributed by atoms with Crippen LogP contribution in [0.15, 0.2) is 34.9 Å². The van der Waals surface area contributed by atoms with Gasteiger partial charge < -0.3 is 19.9 Å². The fourth-order valence-electron chi connectivity index (χ4n) is 3.34. The molecule has 6 nitrogen and oxygen atoms in total. The summed E-state index contributed by atoms with van der Waals surface area (Å²) in [4.78, 5) is 12.5. The molecule has 4 rings (SSSR count). The van der Waals surface area contributed by atoms with Gasteiger partial charge in [0.05, 0.1) is 10.9 Å². The molecular weight excluding hydrogens is 332 g/mol. The highest BCUT2D eigenvalue weighted by Crippen LogP contribution is 2.49. The zero-order valence-electron chi connectivity index (χ0n) is 12.6. The van der Waals surface area contributed by atoms with E-state index in [9.17, 15) is 10.1 Å². The number of hydrogen-bond acceptors (Lipinski definition) is 6. The maximum Gasteiger partial charge on any atom is 0.231 e. The van der Waals surface area contributed by atoms with E-state index in [4.69, 9.17) is 31.5 Å². The van der Waals surface area contributed by atoms with Gasteiger partial charge in [0.2, 0.25) is 12.7 Å². The maximum atomic E-state index is 12.5. The quantitative estimate of drug-likeness (QED) is 0.841. The molecular formula is C17H13ClN2O4. The van der Waals surface area contributed by atoms with Crippen molar-refractivity contribution in [3.05, 3.63) is 45.5 Å². The topological polar surface area (TPSA) is 94.6 Å². The van der Waals surface area contributed by atoms with Gasteiger partial charge in [-0.05, 0) is 18.1 Å². The number of Topliss-reactive ketones (excluding diaryl/α,β-unsaturated/α-hetero) is 1. The van der Waals surface area contributed by atoms with Gasteiger partial charge in [-0.15, -0.1) is 0 Å². The first-order valence-electron chi connectivity index (χ1n) is 7.53.